The number of halogens is 1. The summed E-state index contributed by atoms with van der Waals surface area (Å²) in [6, 6.07) is -0.278. The van der Waals surface area contributed by atoms with Gasteiger partial charge in [0.2, 0.25) is 0 Å². The van der Waals surface area contributed by atoms with Crippen molar-refractivity contribution in [3.63, 3.8) is 0 Å². The van der Waals surface area contributed by atoms with Crippen molar-refractivity contribution in [3.05, 3.63) is 20.5 Å². The predicted molar refractivity (Wildman–Crippen MR) is 70.5 cm³/mol. The molecule has 0 saturated carbocycles. The molecule has 1 saturated heterocycles. The maximum absolute atomic E-state index is 12.3. The Kier molecular flexibility index (Phi) is 4.00. The highest BCUT2D eigenvalue weighted by atomic mass is 35.5. The number of aliphatic carboxylic acids is 1. The first kappa shape index (κ1) is 15.2. The molecule has 2 heterocycles. The van der Waals surface area contributed by atoms with E-state index in [1.807, 2.05) is 0 Å². The van der Waals surface area contributed by atoms with E-state index in [0.29, 0.717) is 17.8 Å². The number of carbonyl (C=O) groups is 1. The van der Waals surface area contributed by atoms with Crippen molar-refractivity contribution in [1.82, 2.24) is 4.31 Å². The fraction of sp³-hybridized carbons (Fsp3) is 0.444. The molecular weight excluding hydrogens is 332 g/mol. The molecule has 0 unspecified atom stereocenters. The van der Waals surface area contributed by atoms with Gasteiger partial charge in [0.15, 0.2) is 4.34 Å². The maximum Gasteiger partial charge on any atom is 0.322 e. The largest absolute Gasteiger partial charge is 0.480 e. The fourth-order valence-corrected chi connectivity index (χ4v) is 5.43. The highest BCUT2D eigenvalue weighted by Gasteiger charge is 2.41. The van der Waals surface area contributed by atoms with Crippen molar-refractivity contribution in [3.8, 4) is 0 Å². The smallest absolute Gasteiger partial charge is 0.322 e. The first-order valence-electron chi connectivity index (χ1n) is 5.43. The minimum Gasteiger partial charge on any atom is -0.480 e. The van der Waals surface area contributed by atoms with Crippen LogP contribution in [0.4, 0.5) is 5.69 Å². The van der Waals surface area contributed by atoms with Gasteiger partial charge in [0.25, 0.3) is 15.7 Å². The summed E-state index contributed by atoms with van der Waals surface area (Å²) in [6.07, 6.45) is 0.646. The standard InChI is InChI=1S/C9H9ClN2O6S2/c10-8-6(12(15)16)4-7(19-8)20(17,18)11-3-1-2-5(11)9(13)14/h4-5H,1-3H2,(H,13,14)/t5-/m1/s1. The Morgan fingerprint density at radius 3 is 2.75 bits per heavy atom. The Morgan fingerprint density at radius 2 is 2.25 bits per heavy atom. The summed E-state index contributed by atoms with van der Waals surface area (Å²) in [5, 5.41) is 19.7. The normalized spacial score (nSPS) is 20.1. The van der Waals surface area contributed by atoms with Crippen molar-refractivity contribution in [2.45, 2.75) is 23.1 Å². The number of nitrogens with zero attached hydrogens (tertiary/aromatic N) is 2. The SMILES string of the molecule is O=C(O)[C@H]1CCCN1S(=O)(=O)c1cc([N+](=O)[O-])c(Cl)s1. The summed E-state index contributed by atoms with van der Waals surface area (Å²) >= 11 is 6.18. The van der Waals surface area contributed by atoms with Gasteiger partial charge in [-0.3, -0.25) is 14.9 Å². The quantitative estimate of drug-likeness (QED) is 0.656. The molecule has 110 valence electrons. The molecule has 11 heteroatoms. The van der Waals surface area contributed by atoms with Crippen LogP contribution in [0.3, 0.4) is 0 Å². The predicted octanol–water partition coefficient (Wildman–Crippen LogP) is 1.55. The lowest BCUT2D eigenvalue weighted by Gasteiger charge is -2.19. The summed E-state index contributed by atoms with van der Waals surface area (Å²) in [7, 11) is -4.09. The lowest BCUT2D eigenvalue weighted by Crippen LogP contribution is -2.40. The van der Waals surface area contributed by atoms with Crippen LogP contribution < -0.4 is 0 Å². The van der Waals surface area contributed by atoms with Gasteiger partial charge in [0, 0.05) is 12.6 Å². The van der Waals surface area contributed by atoms with Crippen LogP contribution in [0, 0.1) is 10.1 Å². The van der Waals surface area contributed by atoms with Crippen LogP contribution in [0.1, 0.15) is 12.8 Å². The average molecular weight is 341 g/mol. The lowest BCUT2D eigenvalue weighted by molar-refractivity contribution is -0.384. The number of thiophene rings is 1. The molecule has 20 heavy (non-hydrogen) atoms. The van der Waals surface area contributed by atoms with Crippen molar-refractivity contribution in [2.24, 2.45) is 0 Å². The third kappa shape index (κ3) is 2.51. The number of nitro groups is 1. The van der Waals surface area contributed by atoms with Crippen molar-refractivity contribution in [1.29, 1.82) is 0 Å². The van der Waals surface area contributed by atoms with E-state index in [2.05, 4.69) is 0 Å². The van der Waals surface area contributed by atoms with Gasteiger partial charge in [-0.2, -0.15) is 4.31 Å². The molecule has 0 bridgehead atoms. The lowest BCUT2D eigenvalue weighted by atomic mass is 10.2. The van der Waals surface area contributed by atoms with E-state index in [0.717, 1.165) is 10.4 Å². The second-order valence-electron chi connectivity index (χ2n) is 4.09. The molecule has 1 fully saturated rings. The molecule has 0 spiro atoms. The third-order valence-corrected chi connectivity index (χ3v) is 6.59. The summed E-state index contributed by atoms with van der Waals surface area (Å²) in [6.45, 7) is 0.0720. The molecule has 0 aromatic carbocycles. The molecule has 1 aliphatic heterocycles. The second kappa shape index (κ2) is 5.28. The third-order valence-electron chi connectivity index (χ3n) is 2.89. The van der Waals surface area contributed by atoms with E-state index >= 15 is 0 Å². The fourth-order valence-electron chi connectivity index (χ4n) is 1.98. The average Bonchev–Trinajstić information content (AvgIpc) is 2.94. The second-order valence-corrected chi connectivity index (χ2v) is 7.87. The van der Waals surface area contributed by atoms with E-state index in [9.17, 15) is 23.3 Å². The Labute approximate surface area is 122 Å². The highest BCUT2D eigenvalue weighted by Crippen LogP contribution is 2.38. The highest BCUT2D eigenvalue weighted by molar-refractivity contribution is 7.91. The number of hydrogen-bond donors (Lipinski definition) is 1. The molecule has 1 aromatic rings. The van der Waals surface area contributed by atoms with E-state index in [1.54, 1.807) is 0 Å². The van der Waals surface area contributed by atoms with Gasteiger partial charge in [0.1, 0.15) is 10.3 Å². The number of carboxylic acids is 1. The number of sulfonamides is 1. The van der Waals surface area contributed by atoms with Gasteiger partial charge in [-0.05, 0) is 12.8 Å². The summed E-state index contributed by atoms with van der Waals surface area (Å²) in [5.41, 5.74) is -0.499. The minimum atomic E-state index is -4.09. The van der Waals surface area contributed by atoms with Crippen LogP contribution in [-0.4, -0.2) is 41.3 Å². The van der Waals surface area contributed by atoms with Gasteiger partial charge in [-0.1, -0.05) is 11.6 Å². The zero-order chi connectivity index (χ0) is 15.1. The number of hydrogen-bond acceptors (Lipinski definition) is 6. The summed E-state index contributed by atoms with van der Waals surface area (Å²) in [5.74, 6) is -1.23. The van der Waals surface area contributed by atoms with Crippen LogP contribution in [0.2, 0.25) is 4.34 Å². The molecule has 8 nitrogen and oxygen atoms in total. The van der Waals surface area contributed by atoms with Crippen molar-refractivity contribution in [2.75, 3.05) is 6.54 Å². The molecular formula is C9H9ClN2O6S2. The van der Waals surface area contributed by atoms with E-state index in [4.69, 9.17) is 16.7 Å². The molecule has 1 aliphatic rings. The minimum absolute atomic E-state index is 0.0720. The Balaban J connectivity index is 2.43. The molecule has 1 aromatic heterocycles. The molecule has 0 aliphatic carbocycles. The van der Waals surface area contributed by atoms with E-state index in [1.165, 1.54) is 0 Å². The Bertz CT molecular complexity index is 670. The monoisotopic (exact) mass is 340 g/mol. The van der Waals surface area contributed by atoms with Gasteiger partial charge >= 0.3 is 5.97 Å². The number of rotatable bonds is 4. The number of carboxylic acid groups (broad SMARTS) is 1. The molecule has 0 radical (unpaired) electrons. The van der Waals surface area contributed by atoms with E-state index < -0.39 is 32.6 Å². The van der Waals surface area contributed by atoms with Crippen LogP contribution in [0.25, 0.3) is 0 Å². The van der Waals surface area contributed by atoms with Crippen LogP contribution in [-0.2, 0) is 14.8 Å². The molecule has 1 atom stereocenters. The Morgan fingerprint density at radius 1 is 1.60 bits per heavy atom. The van der Waals surface area contributed by atoms with Gasteiger partial charge in [-0.25, -0.2) is 8.42 Å². The van der Waals surface area contributed by atoms with Crippen LogP contribution in [0.15, 0.2) is 10.3 Å². The zero-order valence-electron chi connectivity index (χ0n) is 9.85. The summed E-state index contributed by atoms with van der Waals surface area (Å²) < 4.78 is 24.9. The van der Waals surface area contributed by atoms with E-state index in [-0.39, 0.29) is 21.5 Å². The first-order chi connectivity index (χ1) is 9.25. The van der Waals surface area contributed by atoms with Gasteiger partial charge in [0.05, 0.1) is 4.92 Å². The molecule has 1 N–H and O–H groups in total. The summed E-state index contributed by atoms with van der Waals surface area (Å²) in [4.78, 5) is 20.9. The molecule has 2 rings (SSSR count). The van der Waals surface area contributed by atoms with Crippen LogP contribution in [0.5, 0.6) is 0 Å². The molecule has 0 amide bonds. The van der Waals surface area contributed by atoms with Crippen molar-refractivity contribution < 1.29 is 23.2 Å². The maximum atomic E-state index is 12.3. The first-order valence-corrected chi connectivity index (χ1v) is 8.07. The van der Waals surface area contributed by atoms with Gasteiger partial charge in [-0.15, -0.1) is 11.3 Å². The van der Waals surface area contributed by atoms with Gasteiger partial charge < -0.3 is 5.11 Å². The zero-order valence-corrected chi connectivity index (χ0v) is 12.2. The van der Waals surface area contributed by atoms with Crippen molar-refractivity contribution >= 4 is 44.6 Å². The topological polar surface area (TPSA) is 118 Å². The Hall–Kier alpha value is -1.23. The van der Waals surface area contributed by atoms with Crippen LogP contribution >= 0.6 is 22.9 Å².